The summed E-state index contributed by atoms with van der Waals surface area (Å²) in [4.78, 5) is 48.7. The molecule has 1 aliphatic heterocycles. The summed E-state index contributed by atoms with van der Waals surface area (Å²) in [6.07, 6.45) is -9.11. The van der Waals surface area contributed by atoms with E-state index in [2.05, 4.69) is 15.5 Å². The molecule has 1 aromatic rings. The van der Waals surface area contributed by atoms with Crippen molar-refractivity contribution in [2.75, 3.05) is 25.6 Å². The van der Waals surface area contributed by atoms with Crippen LogP contribution in [0.4, 0.5) is 28.6 Å². The summed E-state index contributed by atoms with van der Waals surface area (Å²) in [6, 6.07) is 2.32. The van der Waals surface area contributed by atoms with Crippen LogP contribution in [-0.2, 0) is 19.1 Å². The van der Waals surface area contributed by atoms with Crippen LogP contribution in [0, 0.1) is 11.3 Å². The number of carboxylic acids is 1. The van der Waals surface area contributed by atoms with Gasteiger partial charge in [-0.05, 0) is 39.3 Å². The third-order valence-corrected chi connectivity index (χ3v) is 5.27. The molecule has 1 saturated heterocycles. The fourth-order valence-electron chi connectivity index (χ4n) is 3.74. The van der Waals surface area contributed by atoms with E-state index < -0.39 is 72.7 Å². The summed E-state index contributed by atoms with van der Waals surface area (Å²) in [6.45, 7) is 3.04. The van der Waals surface area contributed by atoms with Gasteiger partial charge in [-0.2, -0.15) is 18.3 Å². The van der Waals surface area contributed by atoms with Gasteiger partial charge in [-0.25, -0.2) is 14.5 Å². The zero-order valence-electron chi connectivity index (χ0n) is 19.3. The van der Waals surface area contributed by atoms with E-state index in [0.717, 1.165) is 13.2 Å². The molecule has 2 rings (SSSR count). The van der Waals surface area contributed by atoms with Gasteiger partial charge in [-0.3, -0.25) is 14.9 Å². The fraction of sp³-hybridized carbons (Fsp3) is 0.600. The summed E-state index contributed by atoms with van der Waals surface area (Å²) in [7, 11) is 1.12. The zero-order valence-corrected chi connectivity index (χ0v) is 19.3. The highest BCUT2D eigenvalue weighted by Gasteiger charge is 2.63. The molecule has 2 heterocycles. The number of carbonyl (C=O) groups is 4. The third kappa shape index (κ3) is 6.15. The highest BCUT2D eigenvalue weighted by Crippen LogP contribution is 2.49. The molecular formula is C20H25F3N4O8. The first-order valence-corrected chi connectivity index (χ1v) is 10.2. The van der Waals surface area contributed by atoms with Crippen LogP contribution in [0.3, 0.4) is 0 Å². The second kappa shape index (κ2) is 10.0. The molecule has 0 bridgehead atoms. The number of rotatable bonds is 6. The van der Waals surface area contributed by atoms with E-state index in [-0.39, 0.29) is 16.4 Å². The average molecular weight is 506 g/mol. The Morgan fingerprint density at radius 2 is 1.86 bits per heavy atom. The maximum absolute atomic E-state index is 13.6. The molecule has 0 radical (unpaired) electrons. The fourth-order valence-corrected chi connectivity index (χ4v) is 3.74. The number of imide groups is 1. The van der Waals surface area contributed by atoms with E-state index in [1.54, 1.807) is 20.8 Å². The SMILES string of the molecule is COCC(c1ccc(NC(=O)OC(C)(C)C)nn1)C1(C(=O)O)C[C@@H](C(F)(F)F)CN(C(=O)O)C1=O. The van der Waals surface area contributed by atoms with Crippen molar-refractivity contribution in [3.63, 3.8) is 0 Å². The van der Waals surface area contributed by atoms with Crippen molar-refractivity contribution in [3.05, 3.63) is 17.8 Å². The van der Waals surface area contributed by atoms with Gasteiger partial charge in [0.15, 0.2) is 11.2 Å². The summed E-state index contributed by atoms with van der Waals surface area (Å²) in [5.74, 6) is -7.72. The summed E-state index contributed by atoms with van der Waals surface area (Å²) < 4.78 is 50.9. The molecule has 0 saturated carbocycles. The Morgan fingerprint density at radius 3 is 2.29 bits per heavy atom. The van der Waals surface area contributed by atoms with Crippen molar-refractivity contribution >= 4 is 29.9 Å². The molecule has 194 valence electrons. The molecule has 0 aliphatic carbocycles. The van der Waals surface area contributed by atoms with Crippen LogP contribution >= 0.6 is 0 Å². The van der Waals surface area contributed by atoms with Crippen LogP contribution in [0.5, 0.6) is 0 Å². The van der Waals surface area contributed by atoms with E-state index in [1.165, 1.54) is 6.07 Å². The van der Waals surface area contributed by atoms with E-state index in [0.29, 0.717) is 0 Å². The van der Waals surface area contributed by atoms with Gasteiger partial charge in [-0.1, -0.05) is 0 Å². The second-order valence-corrected chi connectivity index (χ2v) is 8.90. The number of alkyl halides is 3. The Bertz CT molecular complexity index is 980. The van der Waals surface area contributed by atoms with E-state index >= 15 is 0 Å². The van der Waals surface area contributed by atoms with Crippen molar-refractivity contribution in [1.82, 2.24) is 15.1 Å². The standard InChI is InChI=1S/C20H25F3N4O8/c1-18(2,3)35-16(31)24-13-6-5-12(25-26-13)11(9-34-4)19(15(29)30)7-10(20(21,22)23)8-27(14(19)28)17(32)33/h5-6,10-11H,7-9H2,1-4H3,(H,29,30)(H,32,33)(H,24,26,31)/t10-,11?,19?/m1/s1. The van der Waals surface area contributed by atoms with Crippen molar-refractivity contribution in [2.45, 2.75) is 44.9 Å². The van der Waals surface area contributed by atoms with Crippen LogP contribution in [0.1, 0.15) is 38.8 Å². The second-order valence-electron chi connectivity index (χ2n) is 8.90. The van der Waals surface area contributed by atoms with Crippen molar-refractivity contribution in [3.8, 4) is 0 Å². The number of piperidine rings is 1. The number of amides is 3. The maximum atomic E-state index is 13.6. The quantitative estimate of drug-likeness (QED) is 0.488. The van der Waals surface area contributed by atoms with Crippen LogP contribution in [-0.4, -0.2) is 81.4 Å². The summed E-state index contributed by atoms with van der Waals surface area (Å²) in [5, 5.41) is 29.1. The number of nitrogens with one attached hydrogen (secondary N) is 1. The van der Waals surface area contributed by atoms with Gasteiger partial charge in [0.2, 0.25) is 5.91 Å². The number of ether oxygens (including phenoxy) is 2. The molecule has 1 fully saturated rings. The number of hydrogen-bond acceptors (Lipinski definition) is 8. The first-order chi connectivity index (χ1) is 16.0. The van der Waals surface area contributed by atoms with Gasteiger partial charge in [0.1, 0.15) is 5.60 Å². The van der Waals surface area contributed by atoms with Gasteiger partial charge >= 0.3 is 24.3 Å². The van der Waals surface area contributed by atoms with Gasteiger partial charge in [0.25, 0.3) is 0 Å². The van der Waals surface area contributed by atoms with Crippen LogP contribution in [0.25, 0.3) is 0 Å². The number of anilines is 1. The lowest BCUT2D eigenvalue weighted by atomic mass is 9.65. The minimum atomic E-state index is -4.99. The molecule has 35 heavy (non-hydrogen) atoms. The Balaban J connectivity index is 2.52. The molecule has 15 heteroatoms. The van der Waals surface area contributed by atoms with Crippen molar-refractivity contribution in [2.24, 2.45) is 11.3 Å². The number of carboxylic acid groups (broad SMARTS) is 2. The van der Waals surface area contributed by atoms with Crippen molar-refractivity contribution < 1.29 is 52.0 Å². The Kier molecular flexibility index (Phi) is 7.94. The molecule has 0 spiro atoms. The number of halogens is 3. The zero-order chi connectivity index (χ0) is 26.8. The minimum Gasteiger partial charge on any atom is -0.480 e. The number of likely N-dealkylation sites (tertiary alicyclic amines) is 1. The van der Waals surface area contributed by atoms with E-state index in [1.807, 2.05) is 0 Å². The van der Waals surface area contributed by atoms with Crippen molar-refractivity contribution in [1.29, 1.82) is 0 Å². The number of aromatic nitrogens is 2. The van der Waals surface area contributed by atoms with Crippen LogP contribution < -0.4 is 5.32 Å². The number of aliphatic carboxylic acids is 1. The number of methoxy groups -OCH3 is 1. The normalized spacial score (nSPS) is 21.9. The number of hydrogen-bond donors (Lipinski definition) is 3. The molecule has 12 nitrogen and oxygen atoms in total. The van der Waals surface area contributed by atoms with Gasteiger partial charge in [-0.15, -0.1) is 5.10 Å². The van der Waals surface area contributed by atoms with Crippen LogP contribution in [0.2, 0.25) is 0 Å². The first kappa shape index (κ1) is 27.8. The first-order valence-electron chi connectivity index (χ1n) is 10.2. The molecule has 1 aromatic heterocycles. The maximum Gasteiger partial charge on any atom is 0.414 e. The third-order valence-electron chi connectivity index (χ3n) is 5.27. The lowest BCUT2D eigenvalue weighted by Crippen LogP contribution is -2.62. The predicted octanol–water partition coefficient (Wildman–Crippen LogP) is 2.71. The molecule has 2 unspecified atom stereocenters. The topological polar surface area (TPSA) is 168 Å². The Morgan fingerprint density at radius 1 is 1.23 bits per heavy atom. The number of nitrogens with zero attached hydrogens (tertiary/aromatic N) is 3. The summed E-state index contributed by atoms with van der Waals surface area (Å²) >= 11 is 0. The lowest BCUT2D eigenvalue weighted by molar-refractivity contribution is -0.205. The summed E-state index contributed by atoms with van der Waals surface area (Å²) in [5.41, 5.74) is -3.95. The van der Waals surface area contributed by atoms with E-state index in [9.17, 15) is 42.6 Å². The Labute approximate surface area is 197 Å². The van der Waals surface area contributed by atoms with Gasteiger partial charge in [0.05, 0.1) is 24.1 Å². The highest BCUT2D eigenvalue weighted by molar-refractivity contribution is 6.08. The molecule has 3 amide bonds. The lowest BCUT2D eigenvalue weighted by Gasteiger charge is -2.44. The van der Waals surface area contributed by atoms with Crippen LogP contribution in [0.15, 0.2) is 12.1 Å². The molecule has 3 atom stereocenters. The highest BCUT2D eigenvalue weighted by atomic mass is 19.4. The molecule has 0 aromatic carbocycles. The average Bonchev–Trinajstić information content (AvgIpc) is 2.70. The predicted molar refractivity (Wildman–Crippen MR) is 110 cm³/mol. The Hall–Kier alpha value is -3.49. The molecule has 1 aliphatic rings. The van der Waals surface area contributed by atoms with Gasteiger partial charge < -0.3 is 19.7 Å². The van der Waals surface area contributed by atoms with E-state index in [4.69, 9.17) is 9.47 Å². The smallest absolute Gasteiger partial charge is 0.414 e. The largest absolute Gasteiger partial charge is 0.480 e. The number of carbonyl (C=O) groups excluding carboxylic acids is 2. The molecule has 3 N–H and O–H groups in total. The minimum absolute atomic E-state index is 0.126. The molecular weight excluding hydrogens is 481 g/mol. The monoisotopic (exact) mass is 506 g/mol. The van der Waals surface area contributed by atoms with Gasteiger partial charge in [0, 0.05) is 13.7 Å².